The van der Waals surface area contributed by atoms with Gasteiger partial charge in [0.1, 0.15) is 11.5 Å². The molecule has 1 heterocycles. The molecule has 1 aliphatic rings. The van der Waals surface area contributed by atoms with Crippen molar-refractivity contribution in [3.05, 3.63) is 246 Å². The lowest BCUT2D eigenvalue weighted by Crippen LogP contribution is -2.34. The van der Waals surface area contributed by atoms with Crippen molar-refractivity contribution in [3.8, 4) is 33.8 Å². The average molecular weight is 788 g/mol. The first-order valence-corrected chi connectivity index (χ1v) is 21.5. The fourth-order valence-corrected chi connectivity index (χ4v) is 9.30. The fraction of sp³-hybridized carbons (Fsp3) is 0.119. The molecule has 0 saturated carbocycles. The molecule has 9 aromatic rings. The molecular formula is C59H49NO. The van der Waals surface area contributed by atoms with Crippen molar-refractivity contribution < 1.29 is 4.74 Å². The normalized spacial score (nSPS) is 12.8. The quantitative estimate of drug-likeness (QED) is 0.144. The van der Waals surface area contributed by atoms with E-state index in [1.807, 2.05) is 0 Å². The Labute approximate surface area is 360 Å². The largest absolute Gasteiger partial charge is 0.457 e. The highest BCUT2D eigenvalue weighted by Gasteiger charge is 2.45. The van der Waals surface area contributed by atoms with E-state index in [1.165, 1.54) is 55.3 Å². The lowest BCUT2D eigenvalue weighted by molar-refractivity contribution is 0.432. The van der Waals surface area contributed by atoms with Crippen LogP contribution in [0, 0.1) is 0 Å². The molecule has 0 amide bonds. The summed E-state index contributed by atoms with van der Waals surface area (Å²) in [6.07, 6.45) is 0. The van der Waals surface area contributed by atoms with Crippen LogP contribution in [0.25, 0.3) is 33.0 Å². The summed E-state index contributed by atoms with van der Waals surface area (Å²) in [7, 11) is 0. The van der Waals surface area contributed by atoms with Crippen molar-refractivity contribution in [2.24, 2.45) is 0 Å². The molecule has 2 heteroatoms. The van der Waals surface area contributed by atoms with Crippen LogP contribution in [0.15, 0.2) is 212 Å². The molecule has 9 aromatic carbocycles. The molecule has 0 spiro atoms. The average Bonchev–Trinajstić information content (AvgIpc) is 3.31. The molecule has 0 fully saturated rings. The zero-order valence-corrected chi connectivity index (χ0v) is 35.2. The van der Waals surface area contributed by atoms with Crippen molar-refractivity contribution >= 4 is 27.8 Å². The van der Waals surface area contributed by atoms with Crippen LogP contribution in [-0.4, -0.2) is 0 Å². The molecule has 0 aliphatic carbocycles. The predicted molar refractivity (Wildman–Crippen MR) is 256 cm³/mol. The monoisotopic (exact) mass is 787 g/mol. The van der Waals surface area contributed by atoms with Crippen LogP contribution in [0.1, 0.15) is 72.9 Å². The molecule has 10 rings (SSSR count). The van der Waals surface area contributed by atoms with Crippen LogP contribution in [0.2, 0.25) is 0 Å². The minimum absolute atomic E-state index is 0.359. The van der Waals surface area contributed by atoms with Gasteiger partial charge >= 0.3 is 0 Å². The fourth-order valence-electron chi connectivity index (χ4n) is 9.30. The Morgan fingerprint density at radius 2 is 0.820 bits per heavy atom. The first-order valence-electron chi connectivity index (χ1n) is 21.5. The number of hydrogen-bond acceptors (Lipinski definition) is 2. The Kier molecular flexibility index (Phi) is 9.85. The molecule has 0 radical (unpaired) electrons. The van der Waals surface area contributed by atoms with Crippen molar-refractivity contribution in [3.63, 3.8) is 0 Å². The van der Waals surface area contributed by atoms with E-state index in [1.54, 1.807) is 0 Å². The Morgan fingerprint density at radius 1 is 0.393 bits per heavy atom. The van der Waals surface area contributed by atoms with E-state index in [2.05, 4.69) is 245 Å². The second-order valence-corrected chi connectivity index (χ2v) is 16.9. The van der Waals surface area contributed by atoms with Crippen molar-refractivity contribution in [2.75, 3.05) is 4.90 Å². The number of benzene rings is 9. The van der Waals surface area contributed by atoms with Gasteiger partial charge < -0.3 is 9.64 Å². The molecular weight excluding hydrogens is 739 g/mol. The summed E-state index contributed by atoms with van der Waals surface area (Å²) in [4.78, 5) is 2.40. The van der Waals surface area contributed by atoms with Gasteiger partial charge in [-0.3, -0.25) is 0 Å². The SMILES string of the molecule is CC(C)c1ccc2c(c1)Oc1cc(C(C)C)ccc1C2(c1ccc(-c2ccccc2)cc1)c1ccc(N(c2ccc(-c3ccccc3)cc2)c2cccc3ccccc23)cc1. The van der Waals surface area contributed by atoms with Gasteiger partial charge in [0, 0.05) is 27.9 Å². The molecule has 0 bridgehead atoms. The van der Waals surface area contributed by atoms with Crippen LogP contribution < -0.4 is 9.64 Å². The molecule has 0 unspecified atom stereocenters. The molecule has 1 aliphatic heterocycles. The van der Waals surface area contributed by atoms with Crippen LogP contribution in [0.5, 0.6) is 11.5 Å². The van der Waals surface area contributed by atoms with Gasteiger partial charge in [0.05, 0.1) is 11.1 Å². The lowest BCUT2D eigenvalue weighted by atomic mass is 9.63. The summed E-state index contributed by atoms with van der Waals surface area (Å²) < 4.78 is 7.00. The molecule has 2 nitrogen and oxygen atoms in total. The molecule has 0 aromatic heterocycles. The highest BCUT2D eigenvalue weighted by molar-refractivity contribution is 5.99. The van der Waals surface area contributed by atoms with E-state index in [0.717, 1.165) is 39.7 Å². The predicted octanol–water partition coefficient (Wildman–Crippen LogP) is 16.4. The Hall–Kier alpha value is -7.16. The Morgan fingerprint density at radius 3 is 1.34 bits per heavy atom. The van der Waals surface area contributed by atoms with E-state index in [-0.39, 0.29) is 0 Å². The molecule has 0 saturated heterocycles. The van der Waals surface area contributed by atoms with E-state index in [0.29, 0.717) is 11.8 Å². The smallest absolute Gasteiger partial charge is 0.132 e. The zero-order valence-electron chi connectivity index (χ0n) is 35.2. The molecule has 0 N–H and O–H groups in total. The second kappa shape index (κ2) is 15.8. The highest BCUT2D eigenvalue weighted by atomic mass is 16.5. The molecule has 296 valence electrons. The van der Waals surface area contributed by atoms with E-state index in [9.17, 15) is 0 Å². The number of fused-ring (bicyclic) bond motifs is 3. The van der Waals surface area contributed by atoms with Crippen LogP contribution in [-0.2, 0) is 5.41 Å². The van der Waals surface area contributed by atoms with Gasteiger partial charge in [-0.2, -0.15) is 0 Å². The van der Waals surface area contributed by atoms with E-state index < -0.39 is 5.41 Å². The number of ether oxygens (including phenoxy) is 1. The number of nitrogens with zero attached hydrogens (tertiary/aromatic N) is 1. The van der Waals surface area contributed by atoms with Gasteiger partial charge in [-0.1, -0.05) is 198 Å². The van der Waals surface area contributed by atoms with Gasteiger partial charge in [0.15, 0.2) is 0 Å². The van der Waals surface area contributed by atoms with E-state index in [4.69, 9.17) is 4.74 Å². The van der Waals surface area contributed by atoms with Crippen LogP contribution in [0.4, 0.5) is 17.1 Å². The first kappa shape index (κ1) is 38.1. The topological polar surface area (TPSA) is 12.5 Å². The van der Waals surface area contributed by atoms with Gasteiger partial charge in [-0.15, -0.1) is 0 Å². The maximum Gasteiger partial charge on any atom is 0.132 e. The van der Waals surface area contributed by atoms with Gasteiger partial charge in [-0.25, -0.2) is 0 Å². The Bertz CT molecular complexity index is 2900. The lowest BCUT2D eigenvalue weighted by Gasteiger charge is -2.42. The zero-order chi connectivity index (χ0) is 41.5. The van der Waals surface area contributed by atoms with Gasteiger partial charge in [0.25, 0.3) is 0 Å². The standard InChI is InChI=1S/C59H49NO/c1-40(2)47-26-36-54-57(38-47)61-58-39-48(41(3)4)27-37-55(58)59(54,49-28-22-44(23-29-49)42-14-7-5-8-15-42)50-30-34-52(35-31-50)60(56-21-13-19-46-18-11-12-20-53(46)56)51-32-24-45(25-33-51)43-16-9-6-10-17-43/h5-41H,1-4H3. The summed E-state index contributed by atoms with van der Waals surface area (Å²) in [5, 5.41) is 2.41. The summed E-state index contributed by atoms with van der Waals surface area (Å²) >= 11 is 0. The van der Waals surface area contributed by atoms with Crippen molar-refractivity contribution in [2.45, 2.75) is 44.9 Å². The van der Waals surface area contributed by atoms with Crippen molar-refractivity contribution in [1.29, 1.82) is 0 Å². The molecule has 61 heavy (non-hydrogen) atoms. The first-order chi connectivity index (χ1) is 29.9. The maximum absolute atomic E-state index is 7.00. The summed E-state index contributed by atoms with van der Waals surface area (Å²) in [5.41, 5.74) is 14.6. The van der Waals surface area contributed by atoms with Crippen LogP contribution in [0.3, 0.4) is 0 Å². The minimum atomic E-state index is -0.663. The second-order valence-electron chi connectivity index (χ2n) is 16.9. The minimum Gasteiger partial charge on any atom is -0.457 e. The summed E-state index contributed by atoms with van der Waals surface area (Å²) in [6.45, 7) is 9.00. The van der Waals surface area contributed by atoms with Crippen molar-refractivity contribution in [1.82, 2.24) is 0 Å². The highest BCUT2D eigenvalue weighted by Crippen LogP contribution is 2.56. The Balaban J connectivity index is 1.19. The van der Waals surface area contributed by atoms with Gasteiger partial charge in [-0.05, 0) is 104 Å². The third-order valence-corrected chi connectivity index (χ3v) is 12.6. The number of anilines is 3. The summed E-state index contributed by atoms with van der Waals surface area (Å²) in [6, 6.07) is 77.8. The summed E-state index contributed by atoms with van der Waals surface area (Å²) in [5.74, 6) is 2.54. The van der Waals surface area contributed by atoms with Crippen LogP contribution >= 0.6 is 0 Å². The maximum atomic E-state index is 7.00. The number of hydrogen-bond donors (Lipinski definition) is 0. The third kappa shape index (κ3) is 6.79. The van der Waals surface area contributed by atoms with Gasteiger partial charge in [0.2, 0.25) is 0 Å². The van der Waals surface area contributed by atoms with E-state index >= 15 is 0 Å². The number of rotatable bonds is 9. The third-order valence-electron chi connectivity index (χ3n) is 12.6. The molecule has 0 atom stereocenters.